The van der Waals surface area contributed by atoms with E-state index in [4.69, 9.17) is 5.73 Å². The Morgan fingerprint density at radius 2 is 1.90 bits per heavy atom. The molecule has 1 amide bonds. The molecule has 0 heterocycles. The average molecular weight is 281 g/mol. The first-order valence-electron chi connectivity index (χ1n) is 8.11. The molecule has 2 aliphatic carbocycles. The zero-order valence-corrected chi connectivity index (χ0v) is 13.4. The molecule has 0 aromatic rings. The molecule has 0 aliphatic heterocycles. The predicted molar refractivity (Wildman–Crippen MR) is 82.4 cm³/mol. The summed E-state index contributed by atoms with van der Waals surface area (Å²) in [6, 6.07) is 0. The standard InChI is InChI=1S/C16H31N3O/c1-18(2)16(8-5-9-16)12-19(3)15(20)14-7-4-6-13(10-14)11-17/h13-14H,4-12,17H2,1-3H3. The molecule has 0 aromatic carbocycles. The number of carbonyl (C=O) groups is 1. The number of hydrogen-bond donors (Lipinski definition) is 1. The molecule has 0 saturated heterocycles. The van der Waals surface area contributed by atoms with Gasteiger partial charge in [0.2, 0.25) is 5.91 Å². The van der Waals surface area contributed by atoms with Crippen molar-refractivity contribution in [3.05, 3.63) is 0 Å². The highest BCUT2D eigenvalue weighted by molar-refractivity contribution is 5.78. The van der Waals surface area contributed by atoms with Gasteiger partial charge in [0, 0.05) is 25.0 Å². The molecule has 2 rings (SSSR count). The van der Waals surface area contributed by atoms with Crippen molar-refractivity contribution < 1.29 is 4.79 Å². The Morgan fingerprint density at radius 3 is 2.40 bits per heavy atom. The van der Waals surface area contributed by atoms with Gasteiger partial charge in [-0.1, -0.05) is 6.42 Å². The molecule has 2 saturated carbocycles. The molecule has 116 valence electrons. The van der Waals surface area contributed by atoms with Crippen LogP contribution in [0.2, 0.25) is 0 Å². The van der Waals surface area contributed by atoms with Crippen LogP contribution in [0.3, 0.4) is 0 Å². The van der Waals surface area contributed by atoms with Gasteiger partial charge < -0.3 is 15.5 Å². The van der Waals surface area contributed by atoms with Gasteiger partial charge in [-0.2, -0.15) is 0 Å². The van der Waals surface area contributed by atoms with Crippen LogP contribution in [0.4, 0.5) is 0 Å². The van der Waals surface area contributed by atoms with E-state index in [2.05, 4.69) is 19.0 Å². The zero-order chi connectivity index (χ0) is 14.8. The highest BCUT2D eigenvalue weighted by Crippen LogP contribution is 2.37. The van der Waals surface area contributed by atoms with Crippen LogP contribution in [0.1, 0.15) is 44.9 Å². The largest absolute Gasteiger partial charge is 0.344 e. The van der Waals surface area contributed by atoms with E-state index in [1.54, 1.807) is 0 Å². The van der Waals surface area contributed by atoms with E-state index in [-0.39, 0.29) is 11.5 Å². The van der Waals surface area contributed by atoms with Gasteiger partial charge in [0.05, 0.1) is 0 Å². The van der Waals surface area contributed by atoms with E-state index >= 15 is 0 Å². The molecule has 4 nitrogen and oxygen atoms in total. The topological polar surface area (TPSA) is 49.6 Å². The summed E-state index contributed by atoms with van der Waals surface area (Å²) in [4.78, 5) is 17.0. The number of nitrogens with two attached hydrogens (primary N) is 1. The lowest BCUT2D eigenvalue weighted by atomic mass is 9.75. The third-order valence-electron chi connectivity index (χ3n) is 5.61. The van der Waals surface area contributed by atoms with Gasteiger partial charge in [-0.25, -0.2) is 0 Å². The molecule has 2 unspecified atom stereocenters. The Morgan fingerprint density at radius 1 is 1.20 bits per heavy atom. The van der Waals surface area contributed by atoms with Gasteiger partial charge in [-0.15, -0.1) is 0 Å². The van der Waals surface area contributed by atoms with Gasteiger partial charge >= 0.3 is 0 Å². The number of rotatable bonds is 5. The zero-order valence-electron chi connectivity index (χ0n) is 13.4. The normalized spacial score (nSPS) is 29.1. The minimum atomic E-state index is 0.210. The summed E-state index contributed by atoms with van der Waals surface area (Å²) >= 11 is 0. The summed E-state index contributed by atoms with van der Waals surface area (Å²) < 4.78 is 0. The maximum Gasteiger partial charge on any atom is 0.225 e. The average Bonchev–Trinajstić information content (AvgIpc) is 2.41. The third kappa shape index (κ3) is 3.17. The van der Waals surface area contributed by atoms with Crippen LogP contribution in [-0.4, -0.2) is 55.5 Å². The van der Waals surface area contributed by atoms with Gasteiger partial charge in [-0.3, -0.25) is 4.79 Å². The van der Waals surface area contributed by atoms with E-state index in [0.717, 1.165) is 32.4 Å². The summed E-state index contributed by atoms with van der Waals surface area (Å²) in [5, 5.41) is 0. The molecular weight excluding hydrogens is 250 g/mol. The fraction of sp³-hybridized carbons (Fsp3) is 0.938. The Labute approximate surface area is 123 Å². The predicted octanol–water partition coefficient (Wildman–Crippen LogP) is 1.69. The highest BCUT2D eigenvalue weighted by Gasteiger charge is 2.41. The first-order chi connectivity index (χ1) is 9.48. The van der Waals surface area contributed by atoms with Gasteiger partial charge in [-0.05, 0) is 65.1 Å². The van der Waals surface area contributed by atoms with Crippen molar-refractivity contribution in [1.82, 2.24) is 9.80 Å². The smallest absolute Gasteiger partial charge is 0.225 e. The number of likely N-dealkylation sites (N-methyl/N-ethyl adjacent to an activating group) is 2. The first kappa shape index (κ1) is 15.8. The fourth-order valence-corrected chi connectivity index (χ4v) is 3.89. The van der Waals surface area contributed by atoms with Crippen molar-refractivity contribution in [2.24, 2.45) is 17.6 Å². The Kier molecular flexibility index (Phi) is 5.08. The lowest BCUT2D eigenvalue weighted by Crippen LogP contribution is -2.58. The molecule has 2 aliphatic rings. The molecule has 2 fully saturated rings. The number of carbonyl (C=O) groups excluding carboxylic acids is 1. The summed E-state index contributed by atoms with van der Waals surface area (Å²) in [5.41, 5.74) is 6.01. The number of amides is 1. The molecule has 20 heavy (non-hydrogen) atoms. The van der Waals surface area contributed by atoms with Crippen molar-refractivity contribution in [3.63, 3.8) is 0 Å². The number of nitrogens with zero attached hydrogens (tertiary/aromatic N) is 2. The van der Waals surface area contributed by atoms with Crippen LogP contribution in [0.25, 0.3) is 0 Å². The second-order valence-corrected chi connectivity index (χ2v) is 7.13. The summed E-state index contributed by atoms with van der Waals surface area (Å²) in [5.74, 6) is 1.11. The Balaban J connectivity index is 1.91. The minimum Gasteiger partial charge on any atom is -0.344 e. The lowest BCUT2D eigenvalue weighted by Gasteiger charge is -2.49. The third-order valence-corrected chi connectivity index (χ3v) is 5.61. The van der Waals surface area contributed by atoms with E-state index in [9.17, 15) is 4.79 Å². The van der Waals surface area contributed by atoms with Crippen molar-refractivity contribution >= 4 is 5.91 Å². The van der Waals surface area contributed by atoms with Crippen LogP contribution >= 0.6 is 0 Å². The molecule has 2 atom stereocenters. The summed E-state index contributed by atoms with van der Waals surface area (Å²) in [6.07, 6.45) is 8.13. The van der Waals surface area contributed by atoms with E-state index in [1.807, 2.05) is 11.9 Å². The maximum atomic E-state index is 12.7. The van der Waals surface area contributed by atoms with Crippen LogP contribution in [0.5, 0.6) is 0 Å². The van der Waals surface area contributed by atoms with Gasteiger partial charge in [0.25, 0.3) is 0 Å². The monoisotopic (exact) mass is 281 g/mol. The highest BCUT2D eigenvalue weighted by atomic mass is 16.2. The van der Waals surface area contributed by atoms with Crippen LogP contribution < -0.4 is 5.73 Å². The molecule has 4 heteroatoms. The van der Waals surface area contributed by atoms with E-state index in [0.29, 0.717) is 11.8 Å². The Bertz CT molecular complexity index is 339. The SMILES string of the molecule is CN(CC1(N(C)C)CCC1)C(=O)C1CCCC(CN)C1. The van der Waals surface area contributed by atoms with Gasteiger partial charge in [0.1, 0.15) is 0 Å². The summed E-state index contributed by atoms with van der Waals surface area (Å²) in [7, 11) is 6.27. The Hall–Kier alpha value is -0.610. The summed E-state index contributed by atoms with van der Waals surface area (Å²) in [6.45, 7) is 1.61. The minimum absolute atomic E-state index is 0.210. The molecule has 2 N–H and O–H groups in total. The number of hydrogen-bond acceptors (Lipinski definition) is 3. The quantitative estimate of drug-likeness (QED) is 0.834. The van der Waals surface area contributed by atoms with Crippen molar-refractivity contribution in [1.29, 1.82) is 0 Å². The maximum absolute atomic E-state index is 12.7. The van der Waals surface area contributed by atoms with Crippen molar-refractivity contribution in [3.8, 4) is 0 Å². The van der Waals surface area contributed by atoms with Crippen LogP contribution in [0.15, 0.2) is 0 Å². The second kappa shape index (κ2) is 6.44. The first-order valence-corrected chi connectivity index (χ1v) is 8.11. The lowest BCUT2D eigenvalue weighted by molar-refractivity contribution is -0.138. The molecule has 0 spiro atoms. The van der Waals surface area contributed by atoms with E-state index in [1.165, 1.54) is 25.7 Å². The van der Waals surface area contributed by atoms with Crippen molar-refractivity contribution in [2.45, 2.75) is 50.5 Å². The molecule has 0 aromatic heterocycles. The van der Waals surface area contributed by atoms with Crippen LogP contribution in [0, 0.1) is 11.8 Å². The van der Waals surface area contributed by atoms with Crippen molar-refractivity contribution in [2.75, 3.05) is 34.2 Å². The van der Waals surface area contributed by atoms with Gasteiger partial charge in [0.15, 0.2) is 0 Å². The second-order valence-electron chi connectivity index (χ2n) is 7.13. The molecule has 0 bridgehead atoms. The van der Waals surface area contributed by atoms with E-state index < -0.39 is 0 Å². The fourth-order valence-electron chi connectivity index (χ4n) is 3.89. The molecular formula is C16H31N3O. The van der Waals surface area contributed by atoms with Crippen LogP contribution in [-0.2, 0) is 4.79 Å². The molecule has 0 radical (unpaired) electrons.